The summed E-state index contributed by atoms with van der Waals surface area (Å²) in [4.78, 5) is 11.1. The average Bonchev–Trinajstić information content (AvgIpc) is 3.16. The van der Waals surface area contributed by atoms with Gasteiger partial charge in [0.2, 0.25) is 0 Å². The highest BCUT2D eigenvalue weighted by Crippen LogP contribution is 2.27. The number of rotatable bonds is 6. The Morgan fingerprint density at radius 1 is 1.04 bits per heavy atom. The molecule has 1 saturated heterocycles. The molecule has 1 aliphatic heterocycles. The summed E-state index contributed by atoms with van der Waals surface area (Å²) in [6, 6.07) is 8.80. The maximum Gasteiger partial charge on any atom is 0.0474 e. The lowest BCUT2D eigenvalue weighted by Gasteiger charge is -2.37. The number of hydrogen-bond donors (Lipinski definition) is 1. The molecule has 4 heteroatoms. The van der Waals surface area contributed by atoms with Crippen LogP contribution in [0.25, 0.3) is 10.9 Å². The highest BCUT2D eigenvalue weighted by atomic mass is 15.3. The molecule has 1 aliphatic carbocycles. The summed E-state index contributed by atoms with van der Waals surface area (Å²) >= 11 is 0. The molecule has 2 aromatic rings. The Labute approximate surface area is 158 Å². The van der Waals surface area contributed by atoms with E-state index in [0.29, 0.717) is 0 Å². The molecule has 26 heavy (non-hydrogen) atoms. The monoisotopic (exact) mass is 354 g/mol. The van der Waals surface area contributed by atoms with E-state index in [9.17, 15) is 0 Å². The number of aromatic nitrogens is 1. The smallest absolute Gasteiger partial charge is 0.0474 e. The van der Waals surface area contributed by atoms with E-state index in [1.807, 2.05) is 6.20 Å². The van der Waals surface area contributed by atoms with Gasteiger partial charge >= 0.3 is 0 Å². The number of H-pyrrole nitrogens is 1. The van der Waals surface area contributed by atoms with Crippen LogP contribution in [0.2, 0.25) is 0 Å². The quantitative estimate of drug-likeness (QED) is 0.854. The van der Waals surface area contributed by atoms with Gasteiger partial charge in [-0.2, -0.15) is 0 Å². The topological polar surface area (TPSA) is 25.5 Å². The Kier molecular flexibility index (Phi) is 5.81. The second-order valence-corrected chi connectivity index (χ2v) is 8.31. The van der Waals surface area contributed by atoms with Crippen molar-refractivity contribution in [3.05, 3.63) is 30.5 Å². The standard InChI is InChI=1S/C22H34N4/c1-24(18-19-6-3-2-4-7-19)12-13-25-14-16-26(17-15-25)22-9-5-8-21-20(22)10-11-23-21/h5,8-11,19,23H,2-4,6-7,12-18H2,1H3. The Morgan fingerprint density at radius 3 is 2.65 bits per heavy atom. The molecule has 0 radical (unpaired) electrons. The molecule has 1 N–H and O–H groups in total. The van der Waals surface area contributed by atoms with Gasteiger partial charge in [0.05, 0.1) is 0 Å². The first kappa shape index (κ1) is 17.9. The number of aromatic amines is 1. The molecule has 1 aromatic heterocycles. The van der Waals surface area contributed by atoms with Crippen molar-refractivity contribution in [2.24, 2.45) is 5.92 Å². The molecule has 2 heterocycles. The van der Waals surface area contributed by atoms with Crippen molar-refractivity contribution in [1.29, 1.82) is 0 Å². The van der Waals surface area contributed by atoms with Gasteiger partial charge in [0, 0.05) is 68.6 Å². The van der Waals surface area contributed by atoms with E-state index >= 15 is 0 Å². The third-order valence-electron chi connectivity index (χ3n) is 6.38. The molecule has 1 aromatic carbocycles. The highest BCUT2D eigenvalue weighted by Gasteiger charge is 2.20. The predicted octanol–water partition coefficient (Wildman–Crippen LogP) is 3.80. The van der Waals surface area contributed by atoms with Crippen LogP contribution in [0.15, 0.2) is 30.5 Å². The minimum atomic E-state index is 0.951. The lowest BCUT2D eigenvalue weighted by molar-refractivity contribution is 0.187. The highest BCUT2D eigenvalue weighted by molar-refractivity contribution is 5.92. The molecule has 2 fully saturated rings. The van der Waals surface area contributed by atoms with Gasteiger partial charge in [-0.15, -0.1) is 0 Å². The van der Waals surface area contributed by atoms with Gasteiger partial charge in [0.1, 0.15) is 0 Å². The normalized spacial score (nSPS) is 20.3. The number of likely N-dealkylation sites (N-methyl/N-ethyl adjacent to an activating group) is 1. The Bertz CT molecular complexity index is 680. The molecule has 2 aliphatic rings. The van der Waals surface area contributed by atoms with Gasteiger partial charge in [-0.05, 0) is 44.0 Å². The van der Waals surface area contributed by atoms with Crippen molar-refractivity contribution in [1.82, 2.24) is 14.8 Å². The Balaban J connectivity index is 1.23. The second-order valence-electron chi connectivity index (χ2n) is 8.31. The van der Waals surface area contributed by atoms with Crippen LogP contribution in [0.4, 0.5) is 5.69 Å². The maximum atomic E-state index is 3.33. The summed E-state index contributed by atoms with van der Waals surface area (Å²) in [7, 11) is 2.32. The summed E-state index contributed by atoms with van der Waals surface area (Å²) in [6.07, 6.45) is 9.32. The number of nitrogens with one attached hydrogen (secondary N) is 1. The largest absolute Gasteiger partial charge is 0.368 e. The zero-order valence-corrected chi connectivity index (χ0v) is 16.3. The summed E-state index contributed by atoms with van der Waals surface area (Å²) < 4.78 is 0. The number of anilines is 1. The van der Waals surface area contributed by atoms with E-state index in [0.717, 1.165) is 19.0 Å². The van der Waals surface area contributed by atoms with E-state index in [1.165, 1.54) is 81.4 Å². The minimum Gasteiger partial charge on any atom is -0.368 e. The van der Waals surface area contributed by atoms with Crippen LogP contribution in [0, 0.1) is 5.92 Å². The molecule has 0 atom stereocenters. The molecule has 0 amide bonds. The van der Waals surface area contributed by atoms with E-state index in [1.54, 1.807) is 0 Å². The fourth-order valence-corrected chi connectivity index (χ4v) is 4.77. The van der Waals surface area contributed by atoms with Crippen LogP contribution in [0.1, 0.15) is 32.1 Å². The van der Waals surface area contributed by atoms with Crippen LogP contribution < -0.4 is 4.90 Å². The van der Waals surface area contributed by atoms with Gasteiger partial charge in [-0.3, -0.25) is 4.90 Å². The lowest BCUT2D eigenvalue weighted by Crippen LogP contribution is -2.48. The zero-order valence-electron chi connectivity index (χ0n) is 16.3. The number of benzene rings is 1. The number of hydrogen-bond acceptors (Lipinski definition) is 3. The van der Waals surface area contributed by atoms with Crippen molar-refractivity contribution in [3.63, 3.8) is 0 Å². The first-order valence-electron chi connectivity index (χ1n) is 10.5. The molecule has 0 unspecified atom stereocenters. The van der Waals surface area contributed by atoms with Crippen LogP contribution >= 0.6 is 0 Å². The maximum absolute atomic E-state index is 3.33. The molecule has 142 valence electrons. The van der Waals surface area contributed by atoms with Gasteiger partial charge < -0.3 is 14.8 Å². The second kappa shape index (κ2) is 8.45. The number of fused-ring (bicyclic) bond motifs is 1. The van der Waals surface area contributed by atoms with E-state index < -0.39 is 0 Å². The van der Waals surface area contributed by atoms with Crippen molar-refractivity contribution in [2.75, 3.05) is 57.8 Å². The molecule has 4 nitrogen and oxygen atoms in total. The SMILES string of the molecule is CN(CCN1CCN(c2cccc3[nH]ccc23)CC1)CC1CCCCC1. The number of piperazine rings is 1. The predicted molar refractivity (Wildman–Crippen MR) is 111 cm³/mol. The van der Waals surface area contributed by atoms with E-state index in [2.05, 4.69) is 51.0 Å². The first-order valence-corrected chi connectivity index (χ1v) is 10.5. The fourth-order valence-electron chi connectivity index (χ4n) is 4.77. The molecular formula is C22H34N4. The van der Waals surface area contributed by atoms with E-state index in [-0.39, 0.29) is 0 Å². The van der Waals surface area contributed by atoms with Gasteiger partial charge in [0.15, 0.2) is 0 Å². The average molecular weight is 355 g/mol. The van der Waals surface area contributed by atoms with E-state index in [4.69, 9.17) is 0 Å². The molecule has 4 rings (SSSR count). The molecule has 1 saturated carbocycles. The summed E-state index contributed by atoms with van der Waals surface area (Å²) in [6.45, 7) is 8.36. The van der Waals surface area contributed by atoms with Crippen molar-refractivity contribution in [2.45, 2.75) is 32.1 Å². The van der Waals surface area contributed by atoms with Gasteiger partial charge in [-0.1, -0.05) is 25.3 Å². The third-order valence-corrected chi connectivity index (χ3v) is 6.38. The summed E-state index contributed by atoms with van der Waals surface area (Å²) in [5.41, 5.74) is 2.63. The molecule has 0 spiro atoms. The van der Waals surface area contributed by atoms with Crippen molar-refractivity contribution in [3.8, 4) is 0 Å². The van der Waals surface area contributed by atoms with Crippen molar-refractivity contribution < 1.29 is 0 Å². The molecular weight excluding hydrogens is 320 g/mol. The van der Waals surface area contributed by atoms with Crippen LogP contribution in [-0.2, 0) is 0 Å². The fraction of sp³-hybridized carbons (Fsp3) is 0.636. The third kappa shape index (κ3) is 4.24. The lowest BCUT2D eigenvalue weighted by atomic mass is 9.89. The van der Waals surface area contributed by atoms with Gasteiger partial charge in [0.25, 0.3) is 0 Å². The zero-order chi connectivity index (χ0) is 17.8. The number of nitrogens with zero attached hydrogens (tertiary/aromatic N) is 3. The first-order chi connectivity index (χ1) is 12.8. The van der Waals surface area contributed by atoms with Crippen LogP contribution in [0.3, 0.4) is 0 Å². The Morgan fingerprint density at radius 2 is 1.85 bits per heavy atom. The summed E-state index contributed by atoms with van der Waals surface area (Å²) in [5, 5.41) is 1.35. The summed E-state index contributed by atoms with van der Waals surface area (Å²) in [5.74, 6) is 0.951. The molecule has 0 bridgehead atoms. The van der Waals surface area contributed by atoms with Gasteiger partial charge in [-0.25, -0.2) is 0 Å². The van der Waals surface area contributed by atoms with Crippen LogP contribution in [-0.4, -0.2) is 67.6 Å². The minimum absolute atomic E-state index is 0.951. The van der Waals surface area contributed by atoms with Crippen LogP contribution in [0.5, 0.6) is 0 Å². The Hall–Kier alpha value is -1.52. The van der Waals surface area contributed by atoms with Crippen molar-refractivity contribution >= 4 is 16.6 Å².